The van der Waals surface area contributed by atoms with Crippen LogP contribution >= 0.6 is 0 Å². The first kappa shape index (κ1) is 14.7. The number of imide groups is 1. The summed E-state index contributed by atoms with van der Waals surface area (Å²) < 4.78 is 0. The first-order chi connectivity index (χ1) is 10.1. The second-order valence-electron chi connectivity index (χ2n) is 4.77. The van der Waals surface area contributed by atoms with Crippen LogP contribution in [0.4, 0.5) is 5.69 Å². The number of hydrogen-bond donors (Lipinski definition) is 1. The third kappa shape index (κ3) is 3.89. The van der Waals surface area contributed by atoms with Crippen LogP contribution in [0.1, 0.15) is 24.8 Å². The fourth-order valence-corrected chi connectivity index (χ4v) is 2.11. The van der Waals surface area contributed by atoms with Crippen molar-refractivity contribution in [2.24, 2.45) is 0 Å². The fraction of sp³-hybridized carbons (Fsp3) is 0.333. The molecule has 1 heterocycles. The van der Waals surface area contributed by atoms with Crippen LogP contribution in [-0.4, -0.2) is 29.2 Å². The van der Waals surface area contributed by atoms with E-state index in [1.54, 1.807) is 24.3 Å². The van der Waals surface area contributed by atoms with Crippen LogP contribution in [0.3, 0.4) is 0 Å². The maximum absolute atomic E-state index is 11.8. The molecule has 0 saturated carbocycles. The minimum Gasteiger partial charge on any atom is -0.326 e. The summed E-state index contributed by atoms with van der Waals surface area (Å²) >= 11 is 0. The smallest absolute Gasteiger partial charge is 0.229 e. The Balaban J connectivity index is 1.83. The Bertz CT molecular complexity index is 586. The van der Waals surface area contributed by atoms with Gasteiger partial charge in [0, 0.05) is 31.5 Å². The number of carbonyl (C=O) groups excluding carboxylic acids is 3. The highest BCUT2D eigenvalue weighted by atomic mass is 16.2. The number of anilines is 1. The van der Waals surface area contributed by atoms with Crippen molar-refractivity contribution < 1.29 is 14.4 Å². The third-order valence-corrected chi connectivity index (χ3v) is 3.24. The Kier molecular flexibility index (Phi) is 4.67. The van der Waals surface area contributed by atoms with E-state index < -0.39 is 0 Å². The van der Waals surface area contributed by atoms with E-state index in [9.17, 15) is 14.4 Å². The van der Waals surface area contributed by atoms with Gasteiger partial charge in [-0.25, -0.2) is 0 Å². The van der Waals surface area contributed by atoms with Crippen molar-refractivity contribution in [3.8, 4) is 6.07 Å². The van der Waals surface area contributed by atoms with E-state index in [2.05, 4.69) is 5.32 Å². The molecule has 2 rings (SSSR count). The lowest BCUT2D eigenvalue weighted by atomic mass is 10.1. The molecule has 1 aromatic rings. The van der Waals surface area contributed by atoms with Crippen LogP contribution in [0.25, 0.3) is 0 Å². The van der Waals surface area contributed by atoms with Crippen LogP contribution in [-0.2, 0) is 20.8 Å². The molecule has 108 valence electrons. The fourth-order valence-electron chi connectivity index (χ4n) is 2.11. The molecule has 0 unspecified atom stereocenters. The van der Waals surface area contributed by atoms with E-state index in [0.717, 1.165) is 10.5 Å². The summed E-state index contributed by atoms with van der Waals surface area (Å²) in [6, 6.07) is 9.03. The molecule has 3 amide bonds. The summed E-state index contributed by atoms with van der Waals surface area (Å²) in [5.41, 5.74) is 1.50. The number of hydrogen-bond acceptors (Lipinski definition) is 4. The number of nitrogens with one attached hydrogen (secondary N) is 1. The molecule has 0 atom stereocenters. The van der Waals surface area contributed by atoms with E-state index in [1.807, 2.05) is 6.07 Å². The molecule has 1 aliphatic heterocycles. The number of nitrogens with zero attached hydrogens (tertiary/aromatic N) is 2. The SMILES string of the molecule is N#CCc1ccc(NC(=O)CCN2C(=O)CCC2=O)cc1. The molecule has 1 aromatic carbocycles. The molecular formula is C15H15N3O3. The van der Waals surface area contributed by atoms with Crippen LogP contribution in [0.5, 0.6) is 0 Å². The quantitative estimate of drug-likeness (QED) is 0.824. The molecule has 1 aliphatic rings. The van der Waals surface area contributed by atoms with E-state index in [4.69, 9.17) is 5.26 Å². The topological polar surface area (TPSA) is 90.3 Å². The minimum atomic E-state index is -0.254. The molecule has 6 heteroatoms. The van der Waals surface area contributed by atoms with Gasteiger partial charge < -0.3 is 5.32 Å². The first-order valence-electron chi connectivity index (χ1n) is 6.69. The summed E-state index contributed by atoms with van der Waals surface area (Å²) in [7, 11) is 0. The molecule has 1 N–H and O–H groups in total. The first-order valence-corrected chi connectivity index (χ1v) is 6.69. The van der Waals surface area contributed by atoms with Crippen molar-refractivity contribution in [3.05, 3.63) is 29.8 Å². The number of rotatable bonds is 5. The lowest BCUT2D eigenvalue weighted by Gasteiger charge is -2.13. The predicted octanol–water partition coefficient (Wildman–Crippen LogP) is 1.23. The zero-order valence-electron chi connectivity index (χ0n) is 11.5. The summed E-state index contributed by atoms with van der Waals surface area (Å²) in [6.07, 6.45) is 0.881. The molecule has 0 aliphatic carbocycles. The lowest BCUT2D eigenvalue weighted by molar-refractivity contribution is -0.138. The molecule has 0 bridgehead atoms. The zero-order valence-corrected chi connectivity index (χ0v) is 11.5. The van der Waals surface area contributed by atoms with Crippen molar-refractivity contribution in [1.82, 2.24) is 4.90 Å². The Morgan fingerprint density at radius 2 is 1.81 bits per heavy atom. The Labute approximate surface area is 122 Å². The van der Waals surface area contributed by atoms with Crippen molar-refractivity contribution in [1.29, 1.82) is 5.26 Å². The van der Waals surface area contributed by atoms with Gasteiger partial charge in [0.2, 0.25) is 17.7 Å². The van der Waals surface area contributed by atoms with Crippen molar-refractivity contribution >= 4 is 23.4 Å². The van der Waals surface area contributed by atoms with Gasteiger partial charge in [0.1, 0.15) is 0 Å². The summed E-state index contributed by atoms with van der Waals surface area (Å²) in [5, 5.41) is 11.3. The monoisotopic (exact) mass is 285 g/mol. The number of nitriles is 1. The molecule has 0 radical (unpaired) electrons. The molecule has 0 aromatic heterocycles. The van der Waals surface area contributed by atoms with Gasteiger partial charge in [-0.3, -0.25) is 19.3 Å². The van der Waals surface area contributed by atoms with Gasteiger partial charge >= 0.3 is 0 Å². The zero-order chi connectivity index (χ0) is 15.2. The molecule has 1 saturated heterocycles. The molecule has 6 nitrogen and oxygen atoms in total. The van der Waals surface area contributed by atoms with Gasteiger partial charge in [0.05, 0.1) is 12.5 Å². The number of likely N-dealkylation sites (tertiary alicyclic amines) is 1. The number of amides is 3. The van der Waals surface area contributed by atoms with Crippen molar-refractivity contribution in [2.75, 3.05) is 11.9 Å². The molecule has 0 spiro atoms. The van der Waals surface area contributed by atoms with Gasteiger partial charge in [-0.2, -0.15) is 5.26 Å². The predicted molar refractivity (Wildman–Crippen MR) is 75.0 cm³/mol. The highest BCUT2D eigenvalue weighted by molar-refractivity contribution is 6.02. The average Bonchev–Trinajstić information content (AvgIpc) is 2.78. The minimum absolute atomic E-state index is 0.0808. The normalized spacial score (nSPS) is 14.1. The Hall–Kier alpha value is -2.68. The summed E-state index contributed by atoms with van der Waals surface area (Å²) in [5.74, 6) is -0.683. The second kappa shape index (κ2) is 6.66. The number of benzene rings is 1. The van der Waals surface area contributed by atoms with Crippen molar-refractivity contribution in [3.63, 3.8) is 0 Å². The van der Waals surface area contributed by atoms with E-state index in [1.165, 1.54) is 0 Å². The van der Waals surface area contributed by atoms with Gasteiger partial charge in [0.15, 0.2) is 0 Å². The van der Waals surface area contributed by atoms with Gasteiger partial charge in [-0.15, -0.1) is 0 Å². The van der Waals surface area contributed by atoms with Crippen LogP contribution in [0.15, 0.2) is 24.3 Å². The average molecular weight is 285 g/mol. The highest BCUT2D eigenvalue weighted by Crippen LogP contribution is 2.13. The van der Waals surface area contributed by atoms with Gasteiger partial charge in [0.25, 0.3) is 0 Å². The largest absolute Gasteiger partial charge is 0.326 e. The summed E-state index contributed by atoms with van der Waals surface area (Å²) in [4.78, 5) is 35.7. The third-order valence-electron chi connectivity index (χ3n) is 3.24. The van der Waals surface area contributed by atoms with Crippen molar-refractivity contribution in [2.45, 2.75) is 25.7 Å². The number of carbonyl (C=O) groups is 3. The van der Waals surface area contributed by atoms with Crippen LogP contribution in [0, 0.1) is 11.3 Å². The van der Waals surface area contributed by atoms with E-state index >= 15 is 0 Å². The van der Waals surface area contributed by atoms with E-state index in [-0.39, 0.29) is 43.5 Å². The van der Waals surface area contributed by atoms with Crippen LogP contribution < -0.4 is 5.32 Å². The maximum Gasteiger partial charge on any atom is 0.229 e. The molecule has 21 heavy (non-hydrogen) atoms. The molecular weight excluding hydrogens is 270 g/mol. The Morgan fingerprint density at radius 1 is 1.19 bits per heavy atom. The van der Waals surface area contributed by atoms with E-state index in [0.29, 0.717) is 12.1 Å². The summed E-state index contributed by atoms with van der Waals surface area (Å²) in [6.45, 7) is 0.121. The standard InChI is InChI=1S/C15H15N3O3/c16-9-7-11-1-3-12(4-2-11)17-13(19)8-10-18-14(20)5-6-15(18)21/h1-4H,5-8,10H2,(H,17,19). The van der Waals surface area contributed by atoms with Gasteiger partial charge in [-0.1, -0.05) is 12.1 Å². The van der Waals surface area contributed by atoms with Crippen LogP contribution in [0.2, 0.25) is 0 Å². The highest BCUT2D eigenvalue weighted by Gasteiger charge is 2.28. The maximum atomic E-state index is 11.8. The lowest BCUT2D eigenvalue weighted by Crippen LogP contribution is -2.32. The van der Waals surface area contributed by atoms with Gasteiger partial charge in [-0.05, 0) is 17.7 Å². The second-order valence-corrected chi connectivity index (χ2v) is 4.77. The Morgan fingerprint density at radius 3 is 2.38 bits per heavy atom. The molecule has 1 fully saturated rings.